The van der Waals surface area contributed by atoms with Gasteiger partial charge in [-0.1, -0.05) is 23.8 Å². The molecule has 2 aliphatic heterocycles. The fourth-order valence-electron chi connectivity index (χ4n) is 4.56. The Morgan fingerprint density at radius 3 is 2.27 bits per heavy atom. The average molecular weight is 474 g/mol. The maximum Gasteiger partial charge on any atom is 0.243 e. The Labute approximate surface area is 195 Å². The molecule has 0 atom stereocenters. The van der Waals surface area contributed by atoms with E-state index < -0.39 is 10.0 Å². The van der Waals surface area contributed by atoms with E-state index in [1.807, 2.05) is 37.3 Å². The summed E-state index contributed by atoms with van der Waals surface area (Å²) in [7, 11) is -2.28. The van der Waals surface area contributed by atoms with Crippen molar-refractivity contribution in [3.8, 4) is 11.5 Å². The molecule has 9 heteroatoms. The first kappa shape index (κ1) is 23.5. The number of piperazine rings is 1. The molecule has 8 nitrogen and oxygen atoms in total. The summed E-state index contributed by atoms with van der Waals surface area (Å²) in [4.78, 5) is 17.2. The van der Waals surface area contributed by atoms with Crippen LogP contribution in [0.5, 0.6) is 11.5 Å². The monoisotopic (exact) mass is 473 g/mol. The summed E-state index contributed by atoms with van der Waals surface area (Å²) >= 11 is 0. The normalized spacial score (nSPS) is 16.5. The smallest absolute Gasteiger partial charge is 0.243 e. The molecule has 1 saturated heterocycles. The van der Waals surface area contributed by atoms with E-state index in [1.54, 1.807) is 18.7 Å². The molecule has 4 rings (SSSR count). The number of rotatable bonds is 6. The van der Waals surface area contributed by atoms with Crippen molar-refractivity contribution in [1.82, 2.24) is 14.1 Å². The van der Waals surface area contributed by atoms with Gasteiger partial charge in [0.05, 0.1) is 11.4 Å². The van der Waals surface area contributed by atoms with E-state index in [4.69, 9.17) is 9.47 Å². The molecule has 0 aromatic heterocycles. The molecule has 2 aromatic rings. The van der Waals surface area contributed by atoms with Crippen LogP contribution in [0.15, 0.2) is 35.2 Å². The van der Waals surface area contributed by atoms with Crippen molar-refractivity contribution in [2.45, 2.75) is 32.2 Å². The predicted molar refractivity (Wildman–Crippen MR) is 125 cm³/mol. The molecule has 33 heavy (non-hydrogen) atoms. The van der Waals surface area contributed by atoms with Crippen molar-refractivity contribution in [3.05, 3.63) is 52.6 Å². The molecule has 2 heterocycles. The Kier molecular flexibility index (Phi) is 6.65. The van der Waals surface area contributed by atoms with Crippen LogP contribution in [0, 0.1) is 20.8 Å². The molecule has 0 N–H and O–H groups in total. The van der Waals surface area contributed by atoms with Crippen LogP contribution >= 0.6 is 0 Å². The second kappa shape index (κ2) is 9.32. The van der Waals surface area contributed by atoms with Crippen molar-refractivity contribution in [1.29, 1.82) is 0 Å². The number of carbonyl (C=O) groups excluding carboxylic acids is 1. The van der Waals surface area contributed by atoms with Gasteiger partial charge in [-0.05, 0) is 49.6 Å². The Morgan fingerprint density at radius 1 is 0.970 bits per heavy atom. The molecule has 0 saturated carbocycles. The second-order valence-electron chi connectivity index (χ2n) is 8.83. The van der Waals surface area contributed by atoms with Crippen LogP contribution in [0.2, 0.25) is 0 Å². The summed E-state index contributed by atoms with van der Waals surface area (Å²) in [6.45, 7) is 8.97. The maximum atomic E-state index is 13.2. The Hall–Kier alpha value is -2.62. The largest absolute Gasteiger partial charge is 0.454 e. The van der Waals surface area contributed by atoms with Gasteiger partial charge in [-0.15, -0.1) is 0 Å². The third-order valence-corrected chi connectivity index (χ3v) is 8.31. The summed E-state index contributed by atoms with van der Waals surface area (Å²) < 4.78 is 38.3. The average Bonchev–Trinajstić information content (AvgIpc) is 3.21. The Balaban J connectivity index is 1.33. The molecule has 0 spiro atoms. The molecule has 1 fully saturated rings. The summed E-state index contributed by atoms with van der Waals surface area (Å²) in [5.74, 6) is 1.36. The van der Waals surface area contributed by atoms with Gasteiger partial charge < -0.3 is 14.4 Å². The van der Waals surface area contributed by atoms with E-state index in [9.17, 15) is 13.2 Å². The van der Waals surface area contributed by atoms with E-state index in [0.29, 0.717) is 24.2 Å². The SMILES string of the molecule is Cc1cc(C)c(S(=O)(=O)N(C)CC(=O)N2CCN(Cc3ccc4c(c3)OCO4)CC2)c(C)c1. The minimum Gasteiger partial charge on any atom is -0.454 e. The molecule has 2 aromatic carbocycles. The fourth-order valence-corrected chi connectivity index (χ4v) is 6.08. The van der Waals surface area contributed by atoms with Crippen molar-refractivity contribution < 1.29 is 22.7 Å². The van der Waals surface area contributed by atoms with Gasteiger partial charge in [0, 0.05) is 39.8 Å². The molecule has 0 bridgehead atoms. The molecular formula is C24H31N3O5S. The number of hydrogen-bond acceptors (Lipinski definition) is 6. The first-order valence-corrected chi connectivity index (χ1v) is 12.5. The molecule has 2 aliphatic rings. The predicted octanol–water partition coefficient (Wildman–Crippen LogP) is 2.31. The molecule has 178 valence electrons. The van der Waals surface area contributed by atoms with Crippen LogP contribution in [-0.4, -0.2) is 75.0 Å². The van der Waals surface area contributed by atoms with Crippen molar-refractivity contribution in [3.63, 3.8) is 0 Å². The minimum absolute atomic E-state index is 0.169. The van der Waals surface area contributed by atoms with Gasteiger partial charge in [-0.25, -0.2) is 8.42 Å². The van der Waals surface area contributed by atoms with Crippen LogP contribution in [0.4, 0.5) is 0 Å². The Bertz CT molecular complexity index is 1130. The van der Waals surface area contributed by atoms with E-state index in [2.05, 4.69) is 4.90 Å². The highest BCUT2D eigenvalue weighted by atomic mass is 32.2. The number of aryl methyl sites for hydroxylation is 3. The van der Waals surface area contributed by atoms with Gasteiger partial charge in [0.25, 0.3) is 0 Å². The third-order valence-electron chi connectivity index (χ3n) is 6.20. The van der Waals surface area contributed by atoms with Gasteiger partial charge in [-0.2, -0.15) is 4.31 Å². The summed E-state index contributed by atoms with van der Waals surface area (Å²) in [6, 6.07) is 9.66. The minimum atomic E-state index is -3.75. The summed E-state index contributed by atoms with van der Waals surface area (Å²) in [5.41, 5.74) is 3.54. The topological polar surface area (TPSA) is 79.4 Å². The van der Waals surface area contributed by atoms with Crippen LogP contribution in [-0.2, 0) is 21.4 Å². The lowest BCUT2D eigenvalue weighted by atomic mass is 10.1. The van der Waals surface area contributed by atoms with Gasteiger partial charge in [-0.3, -0.25) is 9.69 Å². The number of likely N-dealkylation sites (N-methyl/N-ethyl adjacent to an activating group) is 1. The molecular weight excluding hydrogens is 442 g/mol. The zero-order chi connectivity index (χ0) is 23.8. The quantitative estimate of drug-likeness (QED) is 0.641. The summed E-state index contributed by atoms with van der Waals surface area (Å²) in [5, 5.41) is 0. The van der Waals surface area contributed by atoms with Crippen molar-refractivity contribution >= 4 is 15.9 Å². The number of nitrogens with zero attached hydrogens (tertiary/aromatic N) is 3. The van der Waals surface area contributed by atoms with Gasteiger partial charge in [0.15, 0.2) is 11.5 Å². The van der Waals surface area contributed by atoms with Crippen LogP contribution in [0.3, 0.4) is 0 Å². The molecule has 0 unspecified atom stereocenters. The number of hydrogen-bond donors (Lipinski definition) is 0. The highest BCUT2D eigenvalue weighted by Crippen LogP contribution is 2.33. The Morgan fingerprint density at radius 2 is 1.61 bits per heavy atom. The first-order valence-electron chi connectivity index (χ1n) is 11.1. The molecule has 0 radical (unpaired) electrons. The fraction of sp³-hybridized carbons (Fsp3) is 0.458. The lowest BCUT2D eigenvalue weighted by molar-refractivity contribution is -0.133. The van der Waals surface area contributed by atoms with E-state index in [-0.39, 0.29) is 24.1 Å². The highest BCUT2D eigenvalue weighted by molar-refractivity contribution is 7.89. The van der Waals surface area contributed by atoms with Gasteiger partial charge in [0.2, 0.25) is 22.7 Å². The lowest BCUT2D eigenvalue weighted by Gasteiger charge is -2.35. The molecule has 0 aliphatic carbocycles. The van der Waals surface area contributed by atoms with Crippen LogP contribution < -0.4 is 9.47 Å². The number of fused-ring (bicyclic) bond motifs is 1. The first-order chi connectivity index (χ1) is 15.6. The second-order valence-corrected chi connectivity index (χ2v) is 10.8. The molecule has 1 amide bonds. The highest BCUT2D eigenvalue weighted by Gasteiger charge is 2.29. The van der Waals surface area contributed by atoms with E-state index in [0.717, 1.165) is 42.3 Å². The third kappa shape index (κ3) is 5.00. The lowest BCUT2D eigenvalue weighted by Crippen LogP contribution is -2.51. The zero-order valence-electron chi connectivity index (χ0n) is 19.6. The van der Waals surface area contributed by atoms with E-state index >= 15 is 0 Å². The van der Waals surface area contributed by atoms with Crippen LogP contribution in [0.1, 0.15) is 22.3 Å². The standard InChI is InChI=1S/C24H31N3O5S/c1-17-11-18(2)24(19(3)12-17)33(29,30)25(4)15-23(28)27-9-7-26(8-10-27)14-20-5-6-21-22(13-20)32-16-31-21/h5-6,11-13H,7-10,14-16H2,1-4H3. The maximum absolute atomic E-state index is 13.2. The number of sulfonamides is 1. The summed E-state index contributed by atoms with van der Waals surface area (Å²) in [6.07, 6.45) is 0. The van der Waals surface area contributed by atoms with Gasteiger partial charge in [0.1, 0.15) is 0 Å². The number of ether oxygens (including phenoxy) is 2. The van der Waals surface area contributed by atoms with Crippen molar-refractivity contribution in [2.24, 2.45) is 0 Å². The number of benzene rings is 2. The van der Waals surface area contributed by atoms with Gasteiger partial charge >= 0.3 is 0 Å². The zero-order valence-corrected chi connectivity index (χ0v) is 20.4. The van der Waals surface area contributed by atoms with Crippen molar-refractivity contribution in [2.75, 3.05) is 46.6 Å². The van der Waals surface area contributed by atoms with Crippen LogP contribution in [0.25, 0.3) is 0 Å². The number of carbonyl (C=O) groups is 1. The number of amides is 1. The van der Waals surface area contributed by atoms with E-state index in [1.165, 1.54) is 11.4 Å².